The minimum Gasteiger partial charge on any atom is -0.497 e. The Labute approximate surface area is 156 Å². The Bertz CT molecular complexity index is 804. The molecule has 9 heteroatoms. The number of anilines is 1. The summed E-state index contributed by atoms with van der Waals surface area (Å²) in [6.45, 7) is 0.284. The maximum atomic E-state index is 12.4. The Morgan fingerprint density at radius 2 is 2.07 bits per heavy atom. The molecule has 27 heavy (non-hydrogen) atoms. The lowest BCUT2D eigenvalue weighted by molar-refractivity contribution is -0.127. The smallest absolute Gasteiger partial charge is 0.324 e. The van der Waals surface area contributed by atoms with Gasteiger partial charge in [-0.2, -0.15) is 0 Å². The first-order valence-corrected chi connectivity index (χ1v) is 8.61. The molecule has 1 aliphatic rings. The number of carbonyl (C=O) groups is 3. The summed E-state index contributed by atoms with van der Waals surface area (Å²) >= 11 is 0. The van der Waals surface area contributed by atoms with Crippen LogP contribution in [0.25, 0.3) is 0 Å². The molecule has 0 spiro atoms. The van der Waals surface area contributed by atoms with Crippen LogP contribution in [0.4, 0.5) is 10.7 Å². The van der Waals surface area contributed by atoms with E-state index < -0.39 is 12.1 Å². The first kappa shape index (κ1) is 18.4. The van der Waals surface area contributed by atoms with Crippen molar-refractivity contribution in [3.05, 3.63) is 42.2 Å². The molecule has 4 amide bonds. The summed E-state index contributed by atoms with van der Waals surface area (Å²) in [6, 6.07) is 6.35. The third kappa shape index (κ3) is 4.63. The summed E-state index contributed by atoms with van der Waals surface area (Å²) < 4.78 is 5.11. The number of amides is 4. The molecule has 1 aromatic carbocycles. The zero-order valence-corrected chi connectivity index (χ0v) is 14.9. The van der Waals surface area contributed by atoms with E-state index in [1.54, 1.807) is 13.3 Å². The molecule has 1 aliphatic heterocycles. The van der Waals surface area contributed by atoms with E-state index in [9.17, 15) is 14.4 Å². The fourth-order valence-electron chi connectivity index (χ4n) is 2.82. The van der Waals surface area contributed by atoms with E-state index in [0.29, 0.717) is 12.4 Å². The van der Waals surface area contributed by atoms with E-state index in [0.717, 1.165) is 11.3 Å². The van der Waals surface area contributed by atoms with Gasteiger partial charge >= 0.3 is 6.03 Å². The topological polar surface area (TPSA) is 116 Å². The highest BCUT2D eigenvalue weighted by molar-refractivity contribution is 6.04. The number of urea groups is 1. The Hall–Kier alpha value is -3.36. The van der Waals surface area contributed by atoms with Crippen LogP contribution in [-0.2, 0) is 16.0 Å². The van der Waals surface area contributed by atoms with Gasteiger partial charge in [-0.1, -0.05) is 12.1 Å². The van der Waals surface area contributed by atoms with Crippen LogP contribution >= 0.6 is 0 Å². The first-order valence-electron chi connectivity index (χ1n) is 8.61. The third-order valence-corrected chi connectivity index (χ3v) is 4.31. The van der Waals surface area contributed by atoms with Crippen molar-refractivity contribution in [1.29, 1.82) is 0 Å². The second-order valence-electron chi connectivity index (χ2n) is 6.11. The van der Waals surface area contributed by atoms with E-state index in [-0.39, 0.29) is 31.2 Å². The van der Waals surface area contributed by atoms with Gasteiger partial charge in [0.1, 0.15) is 11.8 Å². The summed E-state index contributed by atoms with van der Waals surface area (Å²) in [5.41, 5.74) is 0.998. The van der Waals surface area contributed by atoms with Crippen LogP contribution < -0.4 is 15.4 Å². The highest BCUT2D eigenvalue weighted by atomic mass is 16.5. The van der Waals surface area contributed by atoms with E-state index in [2.05, 4.69) is 20.6 Å². The van der Waals surface area contributed by atoms with Crippen molar-refractivity contribution in [1.82, 2.24) is 20.2 Å². The first-order chi connectivity index (χ1) is 13.1. The van der Waals surface area contributed by atoms with Gasteiger partial charge < -0.3 is 15.0 Å². The fraction of sp³-hybridized carbons (Fsp3) is 0.333. The Morgan fingerprint density at radius 3 is 2.74 bits per heavy atom. The molecule has 3 rings (SSSR count). The van der Waals surface area contributed by atoms with Gasteiger partial charge in [0.25, 0.3) is 5.91 Å². The minimum absolute atomic E-state index is 0.101. The van der Waals surface area contributed by atoms with Gasteiger partial charge in [0.05, 0.1) is 7.11 Å². The molecule has 1 unspecified atom stereocenters. The average molecular weight is 371 g/mol. The Balaban J connectivity index is 1.47. The lowest BCUT2D eigenvalue weighted by atomic mass is 10.1. The molecule has 2 heterocycles. The van der Waals surface area contributed by atoms with Gasteiger partial charge in [-0.25, -0.2) is 9.78 Å². The Kier molecular flexibility index (Phi) is 5.70. The summed E-state index contributed by atoms with van der Waals surface area (Å²) in [4.78, 5) is 44.3. The highest BCUT2D eigenvalue weighted by Gasteiger charge is 2.37. The highest BCUT2D eigenvalue weighted by Crippen LogP contribution is 2.15. The number of rotatable bonds is 8. The number of nitrogens with zero attached hydrogens (tertiary/aromatic N) is 2. The molecule has 9 nitrogen and oxygen atoms in total. The van der Waals surface area contributed by atoms with Gasteiger partial charge in [0.15, 0.2) is 0 Å². The number of H-pyrrole nitrogens is 1. The number of aromatic nitrogens is 2. The van der Waals surface area contributed by atoms with Crippen molar-refractivity contribution < 1.29 is 19.1 Å². The number of hydrogen-bond acceptors (Lipinski definition) is 5. The predicted octanol–water partition coefficient (Wildman–Crippen LogP) is 1.30. The SMILES string of the molecule is COc1ccc(CCN2C(=O)NC(CCC(=O)Nc3ncc[nH]3)C2=O)cc1. The largest absolute Gasteiger partial charge is 0.497 e. The van der Waals surface area contributed by atoms with Crippen molar-refractivity contribution in [2.45, 2.75) is 25.3 Å². The van der Waals surface area contributed by atoms with Gasteiger partial charge in [-0.3, -0.25) is 19.8 Å². The van der Waals surface area contributed by atoms with Crippen LogP contribution in [0.2, 0.25) is 0 Å². The molecular weight excluding hydrogens is 350 g/mol. The lowest BCUT2D eigenvalue weighted by Gasteiger charge is -2.13. The maximum Gasteiger partial charge on any atom is 0.324 e. The van der Waals surface area contributed by atoms with Crippen molar-refractivity contribution >= 4 is 23.8 Å². The molecule has 142 valence electrons. The number of ether oxygens (including phenoxy) is 1. The van der Waals surface area contributed by atoms with Crippen LogP contribution in [0.15, 0.2) is 36.7 Å². The van der Waals surface area contributed by atoms with Gasteiger partial charge in [0.2, 0.25) is 11.9 Å². The molecular formula is C18H21N5O4. The molecule has 0 saturated carbocycles. The zero-order chi connectivity index (χ0) is 19.2. The zero-order valence-electron chi connectivity index (χ0n) is 14.9. The number of imidazole rings is 1. The van der Waals surface area contributed by atoms with E-state index in [1.165, 1.54) is 11.1 Å². The van der Waals surface area contributed by atoms with Crippen molar-refractivity contribution in [3.63, 3.8) is 0 Å². The summed E-state index contributed by atoms with van der Waals surface area (Å²) in [7, 11) is 1.59. The van der Waals surface area contributed by atoms with Crippen molar-refractivity contribution in [3.8, 4) is 5.75 Å². The number of methoxy groups -OCH3 is 1. The monoisotopic (exact) mass is 371 g/mol. The molecule has 1 aromatic heterocycles. The number of hydrogen-bond donors (Lipinski definition) is 3. The average Bonchev–Trinajstić information content (AvgIpc) is 3.27. The quantitative estimate of drug-likeness (QED) is 0.605. The number of carbonyl (C=O) groups excluding carboxylic acids is 3. The maximum absolute atomic E-state index is 12.4. The molecule has 1 saturated heterocycles. The van der Waals surface area contributed by atoms with Crippen LogP contribution in [-0.4, -0.2) is 52.4 Å². The third-order valence-electron chi connectivity index (χ3n) is 4.31. The number of benzene rings is 1. The summed E-state index contributed by atoms with van der Waals surface area (Å²) in [5.74, 6) is 0.521. The second-order valence-corrected chi connectivity index (χ2v) is 6.11. The molecule has 0 radical (unpaired) electrons. The normalized spacial score (nSPS) is 16.3. The summed E-state index contributed by atoms with van der Waals surface area (Å²) in [5, 5.41) is 5.22. The molecule has 3 N–H and O–H groups in total. The van der Waals surface area contributed by atoms with E-state index in [4.69, 9.17) is 4.74 Å². The van der Waals surface area contributed by atoms with Crippen LogP contribution in [0.5, 0.6) is 5.75 Å². The van der Waals surface area contributed by atoms with Crippen LogP contribution in [0.1, 0.15) is 18.4 Å². The van der Waals surface area contributed by atoms with Crippen molar-refractivity contribution in [2.75, 3.05) is 19.0 Å². The Morgan fingerprint density at radius 1 is 1.30 bits per heavy atom. The van der Waals surface area contributed by atoms with E-state index >= 15 is 0 Å². The summed E-state index contributed by atoms with van der Waals surface area (Å²) in [6.07, 6.45) is 4.00. The van der Waals surface area contributed by atoms with E-state index in [1.807, 2.05) is 24.3 Å². The molecule has 0 aliphatic carbocycles. The fourth-order valence-corrected chi connectivity index (χ4v) is 2.82. The van der Waals surface area contributed by atoms with Crippen LogP contribution in [0, 0.1) is 0 Å². The van der Waals surface area contributed by atoms with Gasteiger partial charge in [0, 0.05) is 25.4 Å². The minimum atomic E-state index is -0.685. The molecule has 1 fully saturated rings. The van der Waals surface area contributed by atoms with Gasteiger partial charge in [-0.15, -0.1) is 0 Å². The van der Waals surface area contributed by atoms with Crippen LogP contribution in [0.3, 0.4) is 0 Å². The second kappa shape index (κ2) is 8.35. The van der Waals surface area contributed by atoms with Gasteiger partial charge in [-0.05, 0) is 30.5 Å². The number of nitrogens with one attached hydrogen (secondary N) is 3. The standard InChI is InChI=1S/C18H21N5O4/c1-27-13-4-2-12(3-5-13)8-11-23-16(25)14(21-18(23)26)6-7-15(24)22-17-19-9-10-20-17/h2-5,9-10,14H,6-8,11H2,1H3,(H,21,26)(H2,19,20,22,24). The number of imide groups is 1. The number of aromatic amines is 1. The molecule has 2 aromatic rings. The predicted molar refractivity (Wildman–Crippen MR) is 97.2 cm³/mol. The molecule has 1 atom stereocenters. The van der Waals surface area contributed by atoms with Crippen molar-refractivity contribution in [2.24, 2.45) is 0 Å². The molecule has 0 bridgehead atoms. The lowest BCUT2D eigenvalue weighted by Crippen LogP contribution is -2.33.